The summed E-state index contributed by atoms with van der Waals surface area (Å²) in [4.78, 5) is 6.95. The van der Waals surface area contributed by atoms with E-state index in [0.29, 0.717) is 6.04 Å². The number of rotatable bonds is 8. The van der Waals surface area contributed by atoms with Crippen molar-refractivity contribution < 1.29 is 5.11 Å². The smallest absolute Gasteiger partial charge is 0.128 e. The van der Waals surface area contributed by atoms with Gasteiger partial charge in [-0.25, -0.2) is 4.98 Å². The zero-order chi connectivity index (χ0) is 13.5. The zero-order valence-corrected chi connectivity index (χ0v) is 11.8. The van der Waals surface area contributed by atoms with Crippen molar-refractivity contribution in [2.24, 2.45) is 0 Å². The molecule has 1 aliphatic carbocycles. The van der Waals surface area contributed by atoms with Crippen LogP contribution in [0.5, 0.6) is 0 Å². The van der Waals surface area contributed by atoms with Gasteiger partial charge in [0.15, 0.2) is 0 Å². The zero-order valence-electron chi connectivity index (χ0n) is 11.8. The summed E-state index contributed by atoms with van der Waals surface area (Å²) in [5.74, 6) is 1.05. The van der Waals surface area contributed by atoms with Crippen LogP contribution < -0.4 is 10.2 Å². The maximum Gasteiger partial charge on any atom is 0.128 e. The number of aliphatic hydroxyl groups is 1. The van der Waals surface area contributed by atoms with Crippen LogP contribution in [0.3, 0.4) is 0 Å². The summed E-state index contributed by atoms with van der Waals surface area (Å²) in [7, 11) is 0. The number of aromatic nitrogens is 1. The van der Waals surface area contributed by atoms with Gasteiger partial charge in [0.25, 0.3) is 0 Å². The monoisotopic (exact) mass is 263 g/mol. The largest absolute Gasteiger partial charge is 0.396 e. The molecule has 19 heavy (non-hydrogen) atoms. The Bertz CT molecular complexity index is 362. The first kappa shape index (κ1) is 14.3. The Morgan fingerprint density at radius 2 is 2.26 bits per heavy atom. The number of nitrogens with one attached hydrogen (secondary N) is 1. The molecule has 0 spiro atoms. The molecule has 0 saturated heterocycles. The number of hydrogen-bond acceptors (Lipinski definition) is 4. The lowest BCUT2D eigenvalue weighted by atomic mass is 9.91. The third-order valence-electron chi connectivity index (χ3n) is 3.76. The van der Waals surface area contributed by atoms with E-state index < -0.39 is 0 Å². The Morgan fingerprint density at radius 1 is 1.42 bits per heavy atom. The molecule has 0 aromatic carbocycles. The number of pyridine rings is 1. The average Bonchev–Trinajstić information content (AvgIpc) is 2.39. The molecule has 1 heterocycles. The molecular formula is C15H25N3O. The van der Waals surface area contributed by atoms with Gasteiger partial charge in [0.2, 0.25) is 0 Å². The predicted molar refractivity (Wildman–Crippen MR) is 78.3 cm³/mol. The maximum absolute atomic E-state index is 9.02. The van der Waals surface area contributed by atoms with Crippen molar-refractivity contribution in [3.05, 3.63) is 23.9 Å². The van der Waals surface area contributed by atoms with Gasteiger partial charge in [-0.15, -0.1) is 0 Å². The van der Waals surface area contributed by atoms with Crippen LogP contribution in [0.4, 0.5) is 5.82 Å². The molecule has 1 aromatic rings. The first-order valence-electron chi connectivity index (χ1n) is 7.38. The van der Waals surface area contributed by atoms with Gasteiger partial charge >= 0.3 is 0 Å². The minimum atomic E-state index is 0.252. The highest BCUT2D eigenvalue weighted by atomic mass is 16.3. The Hall–Kier alpha value is -1.13. The Labute approximate surface area is 115 Å². The van der Waals surface area contributed by atoms with Gasteiger partial charge in [-0.1, -0.05) is 13.0 Å². The van der Waals surface area contributed by atoms with Crippen LogP contribution in [0.15, 0.2) is 18.3 Å². The summed E-state index contributed by atoms with van der Waals surface area (Å²) in [5, 5.41) is 12.3. The molecular weight excluding hydrogens is 238 g/mol. The minimum absolute atomic E-state index is 0.252. The summed E-state index contributed by atoms with van der Waals surface area (Å²) in [5.41, 5.74) is 1.22. The van der Waals surface area contributed by atoms with Crippen molar-refractivity contribution in [3.8, 4) is 0 Å². The molecule has 0 radical (unpaired) electrons. The van der Waals surface area contributed by atoms with E-state index in [1.807, 2.05) is 6.20 Å². The fourth-order valence-corrected chi connectivity index (χ4v) is 2.38. The minimum Gasteiger partial charge on any atom is -0.396 e. The summed E-state index contributed by atoms with van der Waals surface area (Å²) >= 11 is 0. The molecule has 0 amide bonds. The fraction of sp³-hybridized carbons (Fsp3) is 0.667. The van der Waals surface area contributed by atoms with E-state index in [1.54, 1.807) is 0 Å². The molecule has 1 aliphatic rings. The fourth-order valence-electron chi connectivity index (χ4n) is 2.38. The van der Waals surface area contributed by atoms with E-state index in [-0.39, 0.29) is 6.61 Å². The summed E-state index contributed by atoms with van der Waals surface area (Å²) in [6.45, 7) is 5.12. The van der Waals surface area contributed by atoms with E-state index in [1.165, 1.54) is 24.8 Å². The lowest BCUT2D eigenvalue weighted by Gasteiger charge is -2.38. The molecule has 1 fully saturated rings. The van der Waals surface area contributed by atoms with Gasteiger partial charge in [-0.05, 0) is 43.9 Å². The van der Waals surface area contributed by atoms with E-state index >= 15 is 0 Å². The quantitative estimate of drug-likeness (QED) is 0.752. The van der Waals surface area contributed by atoms with Crippen molar-refractivity contribution >= 4 is 5.82 Å². The van der Waals surface area contributed by atoms with Crippen molar-refractivity contribution in [1.82, 2.24) is 10.3 Å². The second-order valence-electron chi connectivity index (χ2n) is 5.16. The number of nitrogens with zero attached hydrogens (tertiary/aromatic N) is 2. The topological polar surface area (TPSA) is 48.4 Å². The predicted octanol–water partition coefficient (Wildman–Crippen LogP) is 1.93. The van der Waals surface area contributed by atoms with Gasteiger partial charge in [0.1, 0.15) is 5.82 Å². The highest BCUT2D eigenvalue weighted by molar-refractivity contribution is 5.41. The SMILES string of the molecule is CCNCc1ccc(N(CCCO)C2CCC2)nc1. The van der Waals surface area contributed by atoms with Crippen LogP contribution >= 0.6 is 0 Å². The molecule has 1 saturated carbocycles. The summed E-state index contributed by atoms with van der Waals surface area (Å²) < 4.78 is 0. The second kappa shape index (κ2) is 7.46. The molecule has 2 rings (SSSR count). The summed E-state index contributed by atoms with van der Waals surface area (Å²) in [6.07, 6.45) is 6.61. The normalized spacial score (nSPS) is 15.3. The number of hydrogen-bond donors (Lipinski definition) is 2. The molecule has 0 aliphatic heterocycles. The molecule has 106 valence electrons. The molecule has 4 nitrogen and oxygen atoms in total. The van der Waals surface area contributed by atoms with E-state index in [4.69, 9.17) is 5.11 Å². The molecule has 0 atom stereocenters. The number of anilines is 1. The van der Waals surface area contributed by atoms with Gasteiger partial charge in [0.05, 0.1) is 0 Å². The molecule has 0 unspecified atom stereocenters. The number of aliphatic hydroxyl groups excluding tert-OH is 1. The van der Waals surface area contributed by atoms with Gasteiger partial charge in [-0.3, -0.25) is 0 Å². The van der Waals surface area contributed by atoms with Gasteiger partial charge in [-0.2, -0.15) is 0 Å². The highest BCUT2D eigenvalue weighted by Gasteiger charge is 2.25. The van der Waals surface area contributed by atoms with Crippen molar-refractivity contribution in [1.29, 1.82) is 0 Å². The lowest BCUT2D eigenvalue weighted by Crippen LogP contribution is -2.41. The van der Waals surface area contributed by atoms with E-state index in [2.05, 4.69) is 34.3 Å². The van der Waals surface area contributed by atoms with Crippen LogP contribution in [0, 0.1) is 0 Å². The van der Waals surface area contributed by atoms with Crippen LogP contribution in [0.1, 0.15) is 38.2 Å². The van der Waals surface area contributed by atoms with Crippen molar-refractivity contribution in [2.45, 2.75) is 45.2 Å². The van der Waals surface area contributed by atoms with Crippen LogP contribution in [0.25, 0.3) is 0 Å². The van der Waals surface area contributed by atoms with Crippen LogP contribution in [-0.2, 0) is 6.54 Å². The highest BCUT2D eigenvalue weighted by Crippen LogP contribution is 2.28. The lowest BCUT2D eigenvalue weighted by molar-refractivity contribution is 0.282. The molecule has 1 aromatic heterocycles. The Morgan fingerprint density at radius 3 is 2.79 bits per heavy atom. The van der Waals surface area contributed by atoms with Crippen LogP contribution in [-0.4, -0.2) is 35.8 Å². The second-order valence-corrected chi connectivity index (χ2v) is 5.16. The van der Waals surface area contributed by atoms with Crippen molar-refractivity contribution in [3.63, 3.8) is 0 Å². The van der Waals surface area contributed by atoms with Crippen molar-refractivity contribution in [2.75, 3.05) is 24.6 Å². The summed E-state index contributed by atoms with van der Waals surface area (Å²) in [6, 6.07) is 4.89. The first-order valence-corrected chi connectivity index (χ1v) is 7.38. The molecule has 2 N–H and O–H groups in total. The third kappa shape index (κ3) is 3.91. The first-order chi connectivity index (χ1) is 9.35. The average molecular weight is 263 g/mol. The molecule has 0 bridgehead atoms. The Kier molecular flexibility index (Phi) is 5.61. The van der Waals surface area contributed by atoms with Gasteiger partial charge in [0, 0.05) is 31.9 Å². The van der Waals surface area contributed by atoms with E-state index in [9.17, 15) is 0 Å². The maximum atomic E-state index is 9.02. The van der Waals surface area contributed by atoms with E-state index in [0.717, 1.165) is 31.9 Å². The van der Waals surface area contributed by atoms with Gasteiger partial charge < -0.3 is 15.3 Å². The standard InChI is InChI=1S/C15H25N3O/c1-2-16-11-13-7-8-15(17-12-13)18(9-4-10-19)14-5-3-6-14/h7-8,12,14,16,19H,2-6,9-11H2,1H3. The Balaban J connectivity index is 1.99. The van der Waals surface area contributed by atoms with Crippen LogP contribution in [0.2, 0.25) is 0 Å². The molecule has 4 heteroatoms. The third-order valence-corrected chi connectivity index (χ3v) is 3.76.